The van der Waals surface area contributed by atoms with E-state index in [1.165, 1.54) is 0 Å². The molecular formula is C14H19N5O2. The molecule has 1 atom stereocenters. The van der Waals surface area contributed by atoms with E-state index in [1.54, 1.807) is 17.1 Å². The average molecular weight is 289 g/mol. The maximum absolute atomic E-state index is 12.5. The second-order valence-electron chi connectivity index (χ2n) is 5.14. The van der Waals surface area contributed by atoms with E-state index < -0.39 is 0 Å². The van der Waals surface area contributed by atoms with Crippen LogP contribution in [-0.2, 0) is 23.0 Å². The van der Waals surface area contributed by atoms with E-state index in [4.69, 9.17) is 4.74 Å². The van der Waals surface area contributed by atoms with Crippen molar-refractivity contribution in [2.75, 3.05) is 19.8 Å². The topological polar surface area (TPSA) is 76.0 Å². The smallest absolute Gasteiger partial charge is 0.223 e. The molecule has 0 saturated carbocycles. The number of amides is 1. The second-order valence-corrected chi connectivity index (χ2v) is 5.14. The highest BCUT2D eigenvalue weighted by atomic mass is 16.5. The Bertz CT molecular complexity index is 592. The van der Waals surface area contributed by atoms with Crippen molar-refractivity contribution in [1.82, 2.24) is 24.9 Å². The third-order valence-corrected chi connectivity index (χ3v) is 3.85. The summed E-state index contributed by atoms with van der Waals surface area (Å²) in [5, 5.41) is 11.0. The Kier molecular flexibility index (Phi) is 4.01. The number of carbonyl (C=O) groups is 1. The van der Waals surface area contributed by atoms with E-state index in [1.807, 2.05) is 24.1 Å². The number of H-pyrrole nitrogens is 1. The zero-order valence-corrected chi connectivity index (χ0v) is 12.0. The SMILES string of the molecule is Cn1nccc1CCC(=O)N1CCOC[C@H]1c1ccn[nH]1. The lowest BCUT2D eigenvalue weighted by Gasteiger charge is -2.35. The molecule has 1 aliphatic heterocycles. The zero-order valence-electron chi connectivity index (χ0n) is 12.0. The summed E-state index contributed by atoms with van der Waals surface area (Å²) in [6.07, 6.45) is 4.62. The molecule has 3 heterocycles. The van der Waals surface area contributed by atoms with Crippen LogP contribution in [0.15, 0.2) is 24.5 Å². The van der Waals surface area contributed by atoms with Gasteiger partial charge < -0.3 is 9.64 Å². The monoisotopic (exact) mass is 289 g/mol. The van der Waals surface area contributed by atoms with E-state index in [0.717, 1.165) is 11.4 Å². The van der Waals surface area contributed by atoms with Crippen LogP contribution in [0.25, 0.3) is 0 Å². The lowest BCUT2D eigenvalue weighted by atomic mass is 10.1. The molecular weight excluding hydrogens is 270 g/mol. The molecule has 0 unspecified atom stereocenters. The first-order valence-electron chi connectivity index (χ1n) is 7.09. The predicted molar refractivity (Wildman–Crippen MR) is 75.4 cm³/mol. The van der Waals surface area contributed by atoms with Gasteiger partial charge in [0.25, 0.3) is 0 Å². The van der Waals surface area contributed by atoms with Gasteiger partial charge in [-0.15, -0.1) is 0 Å². The van der Waals surface area contributed by atoms with Gasteiger partial charge in [0.15, 0.2) is 0 Å². The molecule has 7 nitrogen and oxygen atoms in total. The van der Waals surface area contributed by atoms with Crippen LogP contribution >= 0.6 is 0 Å². The number of ether oxygens (including phenoxy) is 1. The molecule has 0 radical (unpaired) electrons. The lowest BCUT2D eigenvalue weighted by Crippen LogP contribution is -2.43. The highest BCUT2D eigenvalue weighted by Crippen LogP contribution is 2.23. The number of aromatic nitrogens is 4. The standard InChI is InChI=1S/C14H19N5O2/c1-18-11(4-7-16-18)2-3-14(20)19-8-9-21-10-13(19)12-5-6-15-17-12/h4-7,13H,2-3,8-10H2,1H3,(H,15,17)/t13-/m0/s1. The molecule has 0 spiro atoms. The Hall–Kier alpha value is -2.15. The van der Waals surface area contributed by atoms with Crippen molar-refractivity contribution >= 4 is 5.91 Å². The molecule has 21 heavy (non-hydrogen) atoms. The van der Waals surface area contributed by atoms with Crippen molar-refractivity contribution in [3.05, 3.63) is 35.9 Å². The van der Waals surface area contributed by atoms with E-state index in [2.05, 4.69) is 15.3 Å². The Morgan fingerprint density at radius 3 is 3.10 bits per heavy atom. The average Bonchev–Trinajstić information content (AvgIpc) is 3.16. The van der Waals surface area contributed by atoms with Crippen molar-refractivity contribution in [3.63, 3.8) is 0 Å². The lowest BCUT2D eigenvalue weighted by molar-refractivity contribution is -0.140. The van der Waals surface area contributed by atoms with Crippen LogP contribution < -0.4 is 0 Å². The highest BCUT2D eigenvalue weighted by molar-refractivity contribution is 5.77. The van der Waals surface area contributed by atoms with Crippen LogP contribution in [-0.4, -0.2) is 50.5 Å². The first-order valence-corrected chi connectivity index (χ1v) is 7.09. The number of aryl methyl sites for hydroxylation is 2. The molecule has 0 aliphatic carbocycles. The number of nitrogens with zero attached hydrogens (tertiary/aromatic N) is 4. The van der Waals surface area contributed by atoms with Crippen molar-refractivity contribution in [1.29, 1.82) is 0 Å². The van der Waals surface area contributed by atoms with Gasteiger partial charge in [0.1, 0.15) is 0 Å². The quantitative estimate of drug-likeness (QED) is 0.898. The summed E-state index contributed by atoms with van der Waals surface area (Å²) >= 11 is 0. The van der Waals surface area contributed by atoms with Crippen molar-refractivity contribution in [2.24, 2.45) is 7.05 Å². The van der Waals surface area contributed by atoms with Gasteiger partial charge >= 0.3 is 0 Å². The molecule has 3 rings (SSSR count). The van der Waals surface area contributed by atoms with Crippen LogP contribution in [0.2, 0.25) is 0 Å². The number of hydrogen-bond donors (Lipinski definition) is 1. The zero-order chi connectivity index (χ0) is 14.7. The van der Waals surface area contributed by atoms with Crippen molar-refractivity contribution < 1.29 is 9.53 Å². The van der Waals surface area contributed by atoms with Gasteiger partial charge in [-0.05, 0) is 18.6 Å². The molecule has 2 aromatic rings. The minimum absolute atomic E-state index is 0.0692. The molecule has 0 bridgehead atoms. The van der Waals surface area contributed by atoms with E-state index in [0.29, 0.717) is 32.6 Å². The summed E-state index contributed by atoms with van der Waals surface area (Å²) in [5.74, 6) is 0.138. The predicted octanol–water partition coefficient (Wildman–Crippen LogP) is 0.676. The third kappa shape index (κ3) is 2.97. The van der Waals surface area contributed by atoms with Crippen LogP contribution in [0.4, 0.5) is 0 Å². The second kappa shape index (κ2) is 6.09. The summed E-state index contributed by atoms with van der Waals surface area (Å²) in [7, 11) is 1.89. The minimum Gasteiger partial charge on any atom is -0.377 e. The van der Waals surface area contributed by atoms with Gasteiger partial charge in [-0.3, -0.25) is 14.6 Å². The molecule has 1 amide bonds. The van der Waals surface area contributed by atoms with Gasteiger partial charge in [0, 0.05) is 38.1 Å². The normalized spacial score (nSPS) is 18.9. The van der Waals surface area contributed by atoms with E-state index in [9.17, 15) is 4.79 Å². The summed E-state index contributed by atoms with van der Waals surface area (Å²) in [5.41, 5.74) is 1.98. The molecule has 1 aliphatic rings. The molecule has 2 aromatic heterocycles. The summed E-state index contributed by atoms with van der Waals surface area (Å²) in [4.78, 5) is 14.4. The number of aromatic amines is 1. The van der Waals surface area contributed by atoms with Gasteiger partial charge in [0.05, 0.1) is 24.9 Å². The van der Waals surface area contributed by atoms with Crippen molar-refractivity contribution in [2.45, 2.75) is 18.9 Å². The van der Waals surface area contributed by atoms with Crippen LogP contribution in [0.5, 0.6) is 0 Å². The Labute approximate surface area is 122 Å². The Balaban J connectivity index is 1.65. The van der Waals surface area contributed by atoms with Gasteiger partial charge in [-0.2, -0.15) is 10.2 Å². The number of morpholine rings is 1. The first kappa shape index (κ1) is 13.8. The molecule has 0 aromatic carbocycles. The van der Waals surface area contributed by atoms with Gasteiger partial charge in [-0.25, -0.2) is 0 Å². The molecule has 1 saturated heterocycles. The Morgan fingerprint density at radius 1 is 1.48 bits per heavy atom. The van der Waals surface area contributed by atoms with Gasteiger partial charge in [0.2, 0.25) is 5.91 Å². The van der Waals surface area contributed by atoms with Crippen LogP contribution in [0.1, 0.15) is 23.9 Å². The van der Waals surface area contributed by atoms with Crippen molar-refractivity contribution in [3.8, 4) is 0 Å². The van der Waals surface area contributed by atoms with E-state index >= 15 is 0 Å². The number of rotatable bonds is 4. The van der Waals surface area contributed by atoms with E-state index in [-0.39, 0.29) is 11.9 Å². The fraction of sp³-hybridized carbons (Fsp3) is 0.500. The van der Waals surface area contributed by atoms with Crippen LogP contribution in [0, 0.1) is 0 Å². The highest BCUT2D eigenvalue weighted by Gasteiger charge is 2.29. The maximum Gasteiger partial charge on any atom is 0.223 e. The summed E-state index contributed by atoms with van der Waals surface area (Å²) < 4.78 is 7.30. The first-order chi connectivity index (χ1) is 10.3. The molecule has 112 valence electrons. The largest absolute Gasteiger partial charge is 0.377 e. The third-order valence-electron chi connectivity index (χ3n) is 3.85. The Morgan fingerprint density at radius 2 is 2.38 bits per heavy atom. The maximum atomic E-state index is 12.5. The number of nitrogens with one attached hydrogen (secondary N) is 1. The summed E-state index contributed by atoms with van der Waals surface area (Å²) in [6, 6.07) is 3.76. The minimum atomic E-state index is -0.0692. The fourth-order valence-corrected chi connectivity index (χ4v) is 2.64. The molecule has 7 heteroatoms. The molecule has 1 N–H and O–H groups in total. The number of hydrogen-bond acceptors (Lipinski definition) is 4. The van der Waals surface area contributed by atoms with Gasteiger partial charge in [-0.1, -0.05) is 0 Å². The molecule has 1 fully saturated rings. The fourth-order valence-electron chi connectivity index (χ4n) is 2.64. The van der Waals surface area contributed by atoms with Crippen LogP contribution in [0.3, 0.4) is 0 Å². The summed E-state index contributed by atoms with van der Waals surface area (Å²) in [6.45, 7) is 1.72. The number of carbonyl (C=O) groups excluding carboxylic acids is 1.